The third-order valence-corrected chi connectivity index (χ3v) is 4.48. The van der Waals surface area contributed by atoms with Crippen LogP contribution in [0.3, 0.4) is 0 Å². The lowest BCUT2D eigenvalue weighted by Gasteiger charge is -2.04. The number of thioether (sulfide) groups is 1. The Kier molecular flexibility index (Phi) is 3.34. The number of hydrogen-bond donors (Lipinski definition) is 0. The van der Waals surface area contributed by atoms with Gasteiger partial charge in [0.15, 0.2) is 5.16 Å². The highest BCUT2D eigenvalue weighted by atomic mass is 32.2. The molecule has 0 aliphatic rings. The molecular weight excluding hydrogens is 282 g/mol. The number of nitrogens with zero attached hydrogens (tertiary/aromatic N) is 5. The summed E-state index contributed by atoms with van der Waals surface area (Å²) >= 11 is 3.13. The predicted octanol–water partition coefficient (Wildman–Crippen LogP) is 2.78. The van der Waals surface area contributed by atoms with Gasteiger partial charge < -0.3 is 9.09 Å². The van der Waals surface area contributed by atoms with Gasteiger partial charge in [-0.25, -0.2) is 0 Å². The van der Waals surface area contributed by atoms with Crippen molar-refractivity contribution in [3.63, 3.8) is 0 Å². The van der Waals surface area contributed by atoms with Gasteiger partial charge in [0.25, 0.3) is 0 Å². The largest absolute Gasteiger partial charge is 0.338 e. The third kappa shape index (κ3) is 2.54. The van der Waals surface area contributed by atoms with Crippen molar-refractivity contribution in [2.75, 3.05) is 0 Å². The van der Waals surface area contributed by atoms with Crippen LogP contribution in [0.15, 0.2) is 33.5 Å². The maximum Gasteiger partial charge on any atom is 0.240 e. The molecule has 8 heteroatoms. The molecule has 0 saturated heterocycles. The fraction of sp³-hybridized carbons (Fsp3) is 0.273. The third-order valence-electron chi connectivity index (χ3n) is 2.48. The molecule has 1 atom stereocenters. The van der Waals surface area contributed by atoms with Gasteiger partial charge in [-0.15, -0.1) is 21.5 Å². The van der Waals surface area contributed by atoms with E-state index in [-0.39, 0.29) is 5.25 Å². The van der Waals surface area contributed by atoms with Crippen LogP contribution >= 0.6 is 23.1 Å². The zero-order chi connectivity index (χ0) is 13.2. The molecule has 1 unspecified atom stereocenters. The van der Waals surface area contributed by atoms with E-state index in [1.807, 2.05) is 36.1 Å². The molecule has 3 aromatic heterocycles. The Bertz CT molecular complexity index is 660. The summed E-state index contributed by atoms with van der Waals surface area (Å²) in [4.78, 5) is 5.42. The Morgan fingerprint density at radius 1 is 1.47 bits per heavy atom. The van der Waals surface area contributed by atoms with Gasteiger partial charge in [0.05, 0.1) is 10.1 Å². The molecule has 0 saturated carbocycles. The fourth-order valence-electron chi connectivity index (χ4n) is 1.49. The molecule has 0 aromatic carbocycles. The fourth-order valence-corrected chi connectivity index (χ4v) is 2.96. The van der Waals surface area contributed by atoms with Crippen molar-refractivity contribution in [1.29, 1.82) is 0 Å². The van der Waals surface area contributed by atoms with Gasteiger partial charge in [-0.2, -0.15) is 4.98 Å². The van der Waals surface area contributed by atoms with Crippen molar-refractivity contribution in [2.24, 2.45) is 7.05 Å². The lowest BCUT2D eigenvalue weighted by molar-refractivity contribution is 0.380. The van der Waals surface area contributed by atoms with Gasteiger partial charge in [-0.3, -0.25) is 0 Å². The van der Waals surface area contributed by atoms with E-state index < -0.39 is 0 Å². The highest BCUT2D eigenvalue weighted by Crippen LogP contribution is 2.33. The highest BCUT2D eigenvalue weighted by molar-refractivity contribution is 7.99. The minimum atomic E-state index is 0.0316. The van der Waals surface area contributed by atoms with E-state index in [1.165, 1.54) is 11.8 Å². The van der Waals surface area contributed by atoms with Crippen LogP contribution < -0.4 is 0 Å². The Morgan fingerprint density at radius 2 is 2.37 bits per heavy atom. The maximum absolute atomic E-state index is 5.31. The first-order valence-corrected chi connectivity index (χ1v) is 7.38. The molecule has 3 aromatic rings. The second-order valence-electron chi connectivity index (χ2n) is 3.92. The zero-order valence-corrected chi connectivity index (χ0v) is 12.0. The maximum atomic E-state index is 5.31. The van der Waals surface area contributed by atoms with Gasteiger partial charge in [0.1, 0.15) is 6.33 Å². The first-order chi connectivity index (χ1) is 9.24. The quantitative estimate of drug-likeness (QED) is 0.689. The van der Waals surface area contributed by atoms with Gasteiger partial charge >= 0.3 is 0 Å². The van der Waals surface area contributed by atoms with Crippen LogP contribution in [0.5, 0.6) is 0 Å². The molecule has 0 aliphatic carbocycles. The molecule has 3 heterocycles. The first-order valence-electron chi connectivity index (χ1n) is 5.62. The lowest BCUT2D eigenvalue weighted by atomic mass is 10.4. The van der Waals surface area contributed by atoms with Crippen LogP contribution in [0.4, 0.5) is 0 Å². The molecular formula is C11H11N5OS2. The van der Waals surface area contributed by atoms with Crippen LogP contribution in [0.25, 0.3) is 10.7 Å². The molecule has 19 heavy (non-hydrogen) atoms. The van der Waals surface area contributed by atoms with E-state index in [1.54, 1.807) is 17.7 Å². The smallest absolute Gasteiger partial charge is 0.240 e. The van der Waals surface area contributed by atoms with E-state index in [0.29, 0.717) is 11.7 Å². The van der Waals surface area contributed by atoms with Crippen LogP contribution in [0.2, 0.25) is 0 Å². The standard InChI is InChI=1S/C11H11N5OS2/c1-7(19-11-14-12-6-16(11)2)10-13-9(15-17-10)8-4-3-5-18-8/h3-7H,1-2H3. The second-order valence-corrected chi connectivity index (χ2v) is 6.17. The normalized spacial score (nSPS) is 12.7. The summed E-state index contributed by atoms with van der Waals surface area (Å²) in [6.07, 6.45) is 1.67. The molecule has 6 nitrogen and oxygen atoms in total. The average Bonchev–Trinajstić information content (AvgIpc) is 3.09. The molecule has 3 rings (SSSR count). The Hall–Kier alpha value is -1.67. The topological polar surface area (TPSA) is 69.6 Å². The van der Waals surface area contributed by atoms with E-state index in [9.17, 15) is 0 Å². The van der Waals surface area contributed by atoms with Crippen LogP contribution in [-0.4, -0.2) is 24.9 Å². The number of aryl methyl sites for hydroxylation is 1. The van der Waals surface area contributed by atoms with E-state index >= 15 is 0 Å². The van der Waals surface area contributed by atoms with E-state index in [0.717, 1.165) is 10.0 Å². The SMILES string of the molecule is CC(Sc1nncn1C)c1nc(-c2cccs2)no1. The van der Waals surface area contributed by atoms with Crippen molar-refractivity contribution in [2.45, 2.75) is 17.3 Å². The van der Waals surface area contributed by atoms with Crippen molar-refractivity contribution in [1.82, 2.24) is 24.9 Å². The Morgan fingerprint density at radius 3 is 3.05 bits per heavy atom. The Balaban J connectivity index is 1.77. The summed E-state index contributed by atoms with van der Waals surface area (Å²) in [7, 11) is 1.90. The molecule has 98 valence electrons. The summed E-state index contributed by atoms with van der Waals surface area (Å²) < 4.78 is 7.16. The zero-order valence-electron chi connectivity index (χ0n) is 10.3. The summed E-state index contributed by atoms with van der Waals surface area (Å²) in [5, 5.41) is 14.7. The second kappa shape index (κ2) is 5.14. The molecule has 0 bridgehead atoms. The van der Waals surface area contributed by atoms with Crippen molar-refractivity contribution in [3.8, 4) is 10.7 Å². The van der Waals surface area contributed by atoms with Gasteiger partial charge in [-0.05, 0) is 18.4 Å². The molecule has 0 radical (unpaired) electrons. The molecule has 0 fully saturated rings. The van der Waals surface area contributed by atoms with Crippen LogP contribution in [0, 0.1) is 0 Å². The van der Waals surface area contributed by atoms with Gasteiger partial charge in [-0.1, -0.05) is 23.0 Å². The van der Waals surface area contributed by atoms with Crippen molar-refractivity contribution in [3.05, 3.63) is 29.7 Å². The predicted molar refractivity (Wildman–Crippen MR) is 72.9 cm³/mol. The minimum Gasteiger partial charge on any atom is -0.338 e. The van der Waals surface area contributed by atoms with Gasteiger partial charge in [0, 0.05) is 7.05 Å². The molecule has 0 spiro atoms. The average molecular weight is 293 g/mol. The lowest BCUT2D eigenvalue weighted by Crippen LogP contribution is -1.94. The van der Waals surface area contributed by atoms with E-state index in [2.05, 4.69) is 20.3 Å². The van der Waals surface area contributed by atoms with Crippen molar-refractivity contribution >= 4 is 23.1 Å². The van der Waals surface area contributed by atoms with Crippen LogP contribution in [0.1, 0.15) is 18.1 Å². The summed E-state index contributed by atoms with van der Waals surface area (Å²) in [5.74, 6) is 1.23. The van der Waals surface area contributed by atoms with E-state index in [4.69, 9.17) is 4.52 Å². The molecule has 0 aliphatic heterocycles. The summed E-state index contributed by atoms with van der Waals surface area (Å²) in [6, 6.07) is 3.94. The minimum absolute atomic E-state index is 0.0316. The first kappa shape index (κ1) is 12.4. The van der Waals surface area contributed by atoms with Gasteiger partial charge in [0.2, 0.25) is 11.7 Å². The highest BCUT2D eigenvalue weighted by Gasteiger charge is 2.18. The molecule has 0 amide bonds. The monoisotopic (exact) mass is 293 g/mol. The van der Waals surface area contributed by atoms with Crippen LogP contribution in [-0.2, 0) is 7.05 Å². The summed E-state index contributed by atoms with van der Waals surface area (Å²) in [6.45, 7) is 2.01. The summed E-state index contributed by atoms with van der Waals surface area (Å²) in [5.41, 5.74) is 0. The number of aromatic nitrogens is 5. The molecule has 0 N–H and O–H groups in total. The number of hydrogen-bond acceptors (Lipinski definition) is 7. The Labute approximate surface area is 117 Å². The number of rotatable bonds is 4. The number of thiophene rings is 1. The van der Waals surface area contributed by atoms with Crippen molar-refractivity contribution < 1.29 is 4.52 Å².